The number of rotatable bonds is 2. The Morgan fingerprint density at radius 3 is 2.92 bits per heavy atom. The minimum atomic E-state index is 0.237. The fraction of sp³-hybridized carbons (Fsp3) is 0.312. The van der Waals surface area contributed by atoms with Crippen molar-refractivity contribution in [2.24, 2.45) is 0 Å². The smallest absolute Gasteiger partial charge is 0.239 e. The summed E-state index contributed by atoms with van der Waals surface area (Å²) in [5.41, 5.74) is 1.79. The Kier molecular flexibility index (Phi) is 4.15. The van der Waals surface area contributed by atoms with Gasteiger partial charge in [-0.2, -0.15) is 4.98 Å². The predicted octanol–water partition coefficient (Wildman–Crippen LogP) is 3.46. The number of hydrogen-bond donors (Lipinski definition) is 0. The maximum absolute atomic E-state index is 6.28. The molecule has 4 rings (SSSR count). The fourth-order valence-corrected chi connectivity index (χ4v) is 3.61. The predicted molar refractivity (Wildman–Crippen MR) is 97.0 cm³/mol. The number of imidazole rings is 1. The van der Waals surface area contributed by atoms with Crippen molar-refractivity contribution in [1.82, 2.24) is 19.5 Å². The standard InChI is InChI=1S/C16H15BrClN5O/c1-10-9-24-7-6-22(10)14-8-13(18)20-16(21-14)23-12-5-3-2-4-11(12)19-15(23)17/h2-5,8,10H,6-7,9H2,1H3/t10-/m1/s1. The number of halogens is 2. The van der Waals surface area contributed by atoms with Crippen LogP contribution in [-0.4, -0.2) is 45.3 Å². The van der Waals surface area contributed by atoms with Crippen molar-refractivity contribution in [2.75, 3.05) is 24.7 Å². The first-order valence-electron chi connectivity index (χ1n) is 7.66. The quantitative estimate of drug-likeness (QED) is 0.608. The van der Waals surface area contributed by atoms with Gasteiger partial charge in [0.15, 0.2) is 4.73 Å². The summed E-state index contributed by atoms with van der Waals surface area (Å²) in [6, 6.07) is 9.87. The van der Waals surface area contributed by atoms with Crippen LogP contribution in [0.2, 0.25) is 5.15 Å². The van der Waals surface area contributed by atoms with Crippen molar-refractivity contribution in [3.05, 3.63) is 40.2 Å². The summed E-state index contributed by atoms with van der Waals surface area (Å²) < 4.78 is 8.00. The molecule has 6 nitrogen and oxygen atoms in total. The van der Waals surface area contributed by atoms with Gasteiger partial charge in [-0.15, -0.1) is 0 Å². The van der Waals surface area contributed by atoms with E-state index in [1.165, 1.54) is 0 Å². The lowest BCUT2D eigenvalue weighted by Gasteiger charge is -2.34. The van der Waals surface area contributed by atoms with Gasteiger partial charge in [0.25, 0.3) is 0 Å². The molecule has 1 aromatic carbocycles. The Morgan fingerprint density at radius 1 is 1.25 bits per heavy atom. The van der Waals surface area contributed by atoms with E-state index in [-0.39, 0.29) is 6.04 Å². The normalized spacial score (nSPS) is 18.3. The number of nitrogens with zero attached hydrogens (tertiary/aromatic N) is 5. The molecule has 0 radical (unpaired) electrons. The van der Waals surface area contributed by atoms with Crippen LogP contribution in [0.4, 0.5) is 5.82 Å². The minimum Gasteiger partial charge on any atom is -0.377 e. The monoisotopic (exact) mass is 407 g/mol. The lowest BCUT2D eigenvalue weighted by molar-refractivity contribution is 0.0985. The third kappa shape index (κ3) is 2.76. The highest BCUT2D eigenvalue weighted by Gasteiger charge is 2.22. The molecule has 24 heavy (non-hydrogen) atoms. The van der Waals surface area contributed by atoms with E-state index in [9.17, 15) is 0 Å². The molecule has 1 saturated heterocycles. The molecule has 1 aliphatic rings. The van der Waals surface area contributed by atoms with Crippen LogP contribution in [0.3, 0.4) is 0 Å². The van der Waals surface area contributed by atoms with Crippen molar-refractivity contribution >= 4 is 44.4 Å². The highest BCUT2D eigenvalue weighted by atomic mass is 79.9. The van der Waals surface area contributed by atoms with Gasteiger partial charge in [-0.3, -0.25) is 4.57 Å². The largest absolute Gasteiger partial charge is 0.377 e. The van der Waals surface area contributed by atoms with E-state index in [1.54, 1.807) is 6.07 Å². The Morgan fingerprint density at radius 2 is 2.08 bits per heavy atom. The molecular formula is C16H15BrClN5O. The van der Waals surface area contributed by atoms with Gasteiger partial charge in [0.05, 0.1) is 30.3 Å². The molecule has 1 atom stereocenters. The van der Waals surface area contributed by atoms with Crippen LogP contribution in [0.1, 0.15) is 6.92 Å². The SMILES string of the molecule is C[C@@H]1COCCN1c1cc(Cl)nc(-n2c(Br)nc3ccccc32)n1. The van der Waals surface area contributed by atoms with Gasteiger partial charge in [-0.25, -0.2) is 9.97 Å². The maximum atomic E-state index is 6.28. The summed E-state index contributed by atoms with van der Waals surface area (Å²) in [6.07, 6.45) is 0. The van der Waals surface area contributed by atoms with Crippen molar-refractivity contribution in [3.8, 4) is 5.95 Å². The average Bonchev–Trinajstić information content (AvgIpc) is 2.90. The third-order valence-electron chi connectivity index (χ3n) is 4.05. The molecule has 0 N–H and O–H groups in total. The number of hydrogen-bond acceptors (Lipinski definition) is 5. The molecule has 2 aromatic heterocycles. The van der Waals surface area contributed by atoms with E-state index in [4.69, 9.17) is 21.3 Å². The van der Waals surface area contributed by atoms with E-state index >= 15 is 0 Å². The second-order valence-electron chi connectivity index (χ2n) is 5.67. The van der Waals surface area contributed by atoms with Crippen molar-refractivity contribution in [1.29, 1.82) is 0 Å². The number of anilines is 1. The van der Waals surface area contributed by atoms with Crippen LogP contribution >= 0.6 is 27.5 Å². The van der Waals surface area contributed by atoms with Gasteiger partial charge in [0.2, 0.25) is 5.95 Å². The van der Waals surface area contributed by atoms with E-state index in [1.807, 2.05) is 28.8 Å². The third-order valence-corrected chi connectivity index (χ3v) is 4.78. The number of ether oxygens (including phenoxy) is 1. The molecule has 1 aliphatic heterocycles. The Hall–Kier alpha value is -1.70. The van der Waals surface area contributed by atoms with E-state index in [0.29, 0.717) is 29.0 Å². The lowest BCUT2D eigenvalue weighted by atomic mass is 10.2. The fourth-order valence-electron chi connectivity index (χ4n) is 2.90. The number of morpholine rings is 1. The molecule has 3 aromatic rings. The van der Waals surface area contributed by atoms with Gasteiger partial charge in [-0.05, 0) is 35.0 Å². The van der Waals surface area contributed by atoms with Gasteiger partial charge >= 0.3 is 0 Å². The first kappa shape index (κ1) is 15.8. The first-order chi connectivity index (χ1) is 11.6. The average molecular weight is 409 g/mol. The Labute approximate surface area is 152 Å². The zero-order chi connectivity index (χ0) is 16.7. The summed E-state index contributed by atoms with van der Waals surface area (Å²) >= 11 is 9.78. The Bertz CT molecular complexity index is 899. The van der Waals surface area contributed by atoms with Crippen molar-refractivity contribution in [2.45, 2.75) is 13.0 Å². The molecule has 3 heterocycles. The Balaban J connectivity index is 1.85. The van der Waals surface area contributed by atoms with Crippen LogP contribution in [0.5, 0.6) is 0 Å². The molecule has 0 amide bonds. The van der Waals surface area contributed by atoms with Gasteiger partial charge < -0.3 is 9.64 Å². The van der Waals surface area contributed by atoms with Crippen LogP contribution in [-0.2, 0) is 4.74 Å². The number of benzene rings is 1. The summed E-state index contributed by atoms with van der Waals surface area (Å²) in [6.45, 7) is 4.24. The number of aromatic nitrogens is 4. The topological polar surface area (TPSA) is 56.1 Å². The summed E-state index contributed by atoms with van der Waals surface area (Å²) in [4.78, 5) is 15.8. The maximum Gasteiger partial charge on any atom is 0.239 e. The highest BCUT2D eigenvalue weighted by Crippen LogP contribution is 2.26. The van der Waals surface area contributed by atoms with E-state index < -0.39 is 0 Å². The molecule has 124 valence electrons. The van der Waals surface area contributed by atoms with Gasteiger partial charge in [0, 0.05) is 12.6 Å². The van der Waals surface area contributed by atoms with Crippen molar-refractivity contribution < 1.29 is 4.74 Å². The van der Waals surface area contributed by atoms with Crippen LogP contribution < -0.4 is 4.90 Å². The number of fused-ring (bicyclic) bond motifs is 1. The lowest BCUT2D eigenvalue weighted by Crippen LogP contribution is -2.44. The molecule has 0 spiro atoms. The molecule has 1 fully saturated rings. The summed E-state index contributed by atoms with van der Waals surface area (Å²) in [5.74, 6) is 1.29. The number of para-hydroxylation sites is 2. The van der Waals surface area contributed by atoms with Gasteiger partial charge in [0.1, 0.15) is 11.0 Å². The second kappa shape index (κ2) is 6.31. The van der Waals surface area contributed by atoms with E-state index in [2.05, 4.69) is 37.7 Å². The summed E-state index contributed by atoms with van der Waals surface area (Å²) in [5, 5.41) is 0.401. The zero-order valence-corrected chi connectivity index (χ0v) is 15.3. The molecule has 0 unspecified atom stereocenters. The minimum absolute atomic E-state index is 0.237. The van der Waals surface area contributed by atoms with E-state index in [0.717, 1.165) is 23.4 Å². The van der Waals surface area contributed by atoms with Crippen molar-refractivity contribution in [3.63, 3.8) is 0 Å². The first-order valence-corrected chi connectivity index (χ1v) is 8.83. The molecular weight excluding hydrogens is 394 g/mol. The molecule has 0 aliphatic carbocycles. The van der Waals surface area contributed by atoms with Crippen LogP contribution in [0, 0.1) is 0 Å². The summed E-state index contributed by atoms with van der Waals surface area (Å²) in [7, 11) is 0. The second-order valence-corrected chi connectivity index (χ2v) is 6.77. The zero-order valence-electron chi connectivity index (χ0n) is 13.0. The molecule has 0 bridgehead atoms. The molecule has 0 saturated carbocycles. The van der Waals surface area contributed by atoms with Crippen LogP contribution in [0.15, 0.2) is 35.1 Å². The van der Waals surface area contributed by atoms with Gasteiger partial charge in [-0.1, -0.05) is 23.7 Å². The molecule has 8 heteroatoms. The van der Waals surface area contributed by atoms with Crippen LogP contribution in [0.25, 0.3) is 17.0 Å². The highest BCUT2D eigenvalue weighted by molar-refractivity contribution is 9.10.